The summed E-state index contributed by atoms with van der Waals surface area (Å²) >= 11 is 0. The van der Waals surface area contributed by atoms with Crippen molar-refractivity contribution in [3.63, 3.8) is 0 Å². The van der Waals surface area contributed by atoms with Crippen LogP contribution in [0.25, 0.3) is 0 Å². The lowest BCUT2D eigenvalue weighted by molar-refractivity contribution is -0.124. The molecule has 0 bridgehead atoms. The summed E-state index contributed by atoms with van der Waals surface area (Å²) in [6.07, 6.45) is 70.6. The largest absolute Gasteiger partial charge is 0.394 e. The Morgan fingerprint density at radius 2 is 0.672 bits per heavy atom. The van der Waals surface area contributed by atoms with E-state index in [0.717, 1.165) is 32.1 Å². The van der Waals surface area contributed by atoms with Crippen molar-refractivity contribution in [1.82, 2.24) is 5.32 Å². The van der Waals surface area contributed by atoms with Crippen LogP contribution in [0.4, 0.5) is 0 Å². The van der Waals surface area contributed by atoms with Crippen molar-refractivity contribution in [3.8, 4) is 0 Å². The van der Waals surface area contributed by atoms with Crippen molar-refractivity contribution < 1.29 is 20.1 Å². The van der Waals surface area contributed by atoms with E-state index < -0.39 is 18.2 Å². The number of unbranched alkanes of at least 4 members (excludes halogenated alkanes) is 40. The van der Waals surface area contributed by atoms with Gasteiger partial charge in [0.1, 0.15) is 0 Å². The molecule has 4 N–H and O–H groups in total. The average Bonchev–Trinajstić information content (AvgIpc) is 3.29. The summed E-state index contributed by atoms with van der Waals surface area (Å²) in [6, 6.07) is -0.761. The van der Waals surface area contributed by atoms with Gasteiger partial charge in [-0.1, -0.05) is 281 Å². The minimum absolute atomic E-state index is 0.00756. The first-order chi connectivity index (χ1) is 31.5. The minimum Gasteiger partial charge on any atom is -0.394 e. The normalized spacial score (nSPS) is 13.5. The van der Waals surface area contributed by atoms with Gasteiger partial charge in [0, 0.05) is 0 Å². The number of amides is 1. The first-order valence-corrected chi connectivity index (χ1v) is 28.8. The summed E-state index contributed by atoms with van der Waals surface area (Å²) < 4.78 is 0. The number of carbonyl (C=O) groups is 1. The number of allylic oxidation sites excluding steroid dienone is 5. The molecular weight excluding hydrogens is 787 g/mol. The zero-order chi connectivity index (χ0) is 46.5. The molecule has 0 rings (SSSR count). The Labute approximate surface area is 400 Å². The van der Waals surface area contributed by atoms with E-state index in [2.05, 4.69) is 43.5 Å². The van der Waals surface area contributed by atoms with Crippen LogP contribution < -0.4 is 5.32 Å². The summed E-state index contributed by atoms with van der Waals surface area (Å²) in [4.78, 5) is 12.5. The van der Waals surface area contributed by atoms with Gasteiger partial charge in [0.2, 0.25) is 5.91 Å². The Morgan fingerprint density at radius 1 is 0.391 bits per heavy atom. The van der Waals surface area contributed by atoms with Gasteiger partial charge in [-0.15, -0.1) is 0 Å². The molecule has 0 saturated carbocycles. The molecule has 64 heavy (non-hydrogen) atoms. The van der Waals surface area contributed by atoms with Crippen LogP contribution in [-0.4, -0.2) is 46.1 Å². The fourth-order valence-corrected chi connectivity index (χ4v) is 9.00. The molecule has 0 fully saturated rings. The fourth-order valence-electron chi connectivity index (χ4n) is 9.00. The fraction of sp³-hybridized carbons (Fsp3) is 0.881. The molecule has 378 valence electrons. The van der Waals surface area contributed by atoms with Gasteiger partial charge in [-0.2, -0.15) is 0 Å². The first kappa shape index (κ1) is 62.6. The van der Waals surface area contributed by atoms with E-state index in [0.29, 0.717) is 6.42 Å². The number of carbonyl (C=O) groups excluding carboxylic acids is 1. The van der Waals surface area contributed by atoms with E-state index in [9.17, 15) is 20.1 Å². The highest BCUT2D eigenvalue weighted by Crippen LogP contribution is 2.17. The molecule has 0 radical (unpaired) electrons. The summed E-state index contributed by atoms with van der Waals surface area (Å²) in [5, 5.41) is 33.4. The van der Waals surface area contributed by atoms with Crippen molar-refractivity contribution in [3.05, 3.63) is 36.5 Å². The molecular formula is C59H113NO4. The Kier molecular flexibility index (Phi) is 53.0. The zero-order valence-corrected chi connectivity index (χ0v) is 43.2. The van der Waals surface area contributed by atoms with Gasteiger partial charge in [0.05, 0.1) is 31.3 Å². The number of hydrogen-bond acceptors (Lipinski definition) is 4. The van der Waals surface area contributed by atoms with E-state index in [-0.39, 0.29) is 18.9 Å². The second-order valence-corrected chi connectivity index (χ2v) is 19.9. The molecule has 0 aromatic rings. The molecule has 3 unspecified atom stereocenters. The van der Waals surface area contributed by atoms with Crippen molar-refractivity contribution >= 4 is 5.91 Å². The highest BCUT2D eigenvalue weighted by Gasteiger charge is 2.20. The average molecular weight is 901 g/mol. The SMILES string of the molecule is CCCCCCCCCCCCCC/C=C\CCCCCCCCCCCCCCCC(O)CC(=O)NC(CO)C(O)/C=C/CC/C=C/CCCCCCCCCCCCCCCC. The number of nitrogens with one attached hydrogen (secondary N) is 1. The first-order valence-electron chi connectivity index (χ1n) is 28.8. The van der Waals surface area contributed by atoms with Crippen LogP contribution in [0.2, 0.25) is 0 Å². The van der Waals surface area contributed by atoms with Crippen LogP contribution >= 0.6 is 0 Å². The highest BCUT2D eigenvalue weighted by atomic mass is 16.3. The van der Waals surface area contributed by atoms with E-state index in [4.69, 9.17) is 0 Å². The Bertz CT molecular complexity index is 993. The molecule has 0 aromatic carbocycles. The Morgan fingerprint density at radius 3 is 1.00 bits per heavy atom. The lowest BCUT2D eigenvalue weighted by Crippen LogP contribution is -2.45. The Hall–Kier alpha value is -1.43. The number of rotatable bonds is 53. The summed E-state index contributed by atoms with van der Waals surface area (Å²) in [5.41, 5.74) is 0. The molecule has 0 heterocycles. The van der Waals surface area contributed by atoms with Crippen molar-refractivity contribution in [2.45, 2.75) is 327 Å². The van der Waals surface area contributed by atoms with Crippen LogP contribution in [0.3, 0.4) is 0 Å². The van der Waals surface area contributed by atoms with Gasteiger partial charge < -0.3 is 20.6 Å². The second-order valence-electron chi connectivity index (χ2n) is 19.9. The van der Waals surface area contributed by atoms with Gasteiger partial charge in [-0.3, -0.25) is 4.79 Å². The number of hydrogen-bond donors (Lipinski definition) is 4. The molecule has 0 aliphatic carbocycles. The van der Waals surface area contributed by atoms with Crippen LogP contribution in [0.15, 0.2) is 36.5 Å². The van der Waals surface area contributed by atoms with Gasteiger partial charge in [-0.05, 0) is 57.8 Å². The monoisotopic (exact) mass is 900 g/mol. The summed E-state index contributed by atoms with van der Waals surface area (Å²) in [7, 11) is 0. The lowest BCUT2D eigenvalue weighted by Gasteiger charge is -2.21. The number of aliphatic hydroxyl groups is 3. The summed E-state index contributed by atoms with van der Waals surface area (Å²) in [5.74, 6) is -0.321. The third kappa shape index (κ3) is 50.0. The van der Waals surface area contributed by atoms with Crippen LogP contribution in [0.5, 0.6) is 0 Å². The van der Waals surface area contributed by atoms with Gasteiger partial charge in [0.25, 0.3) is 0 Å². The standard InChI is InChI=1S/C59H113NO4/c1-3-5-7-9-11-13-15-17-19-21-23-25-26-27-28-29-30-31-32-33-34-36-38-40-42-44-46-48-50-52-56(62)54-59(64)60-57(55-61)58(63)53-51-49-47-45-43-41-39-37-35-24-22-20-18-16-14-12-10-8-6-4-2/h27-28,43,45,51,53,56-58,61-63H,3-26,29-42,44,46-50,52,54-55H2,1-2H3,(H,60,64)/b28-27-,45-43+,53-51+. The smallest absolute Gasteiger partial charge is 0.222 e. The molecule has 3 atom stereocenters. The van der Waals surface area contributed by atoms with E-state index in [1.165, 1.54) is 250 Å². The van der Waals surface area contributed by atoms with Crippen molar-refractivity contribution in [1.29, 1.82) is 0 Å². The molecule has 5 heteroatoms. The Balaban J connectivity index is 3.57. The van der Waals surface area contributed by atoms with Crippen LogP contribution in [-0.2, 0) is 4.79 Å². The molecule has 0 aliphatic rings. The van der Waals surface area contributed by atoms with Gasteiger partial charge in [-0.25, -0.2) is 0 Å². The van der Waals surface area contributed by atoms with E-state index >= 15 is 0 Å². The molecule has 0 aliphatic heterocycles. The third-order valence-electron chi connectivity index (χ3n) is 13.4. The maximum Gasteiger partial charge on any atom is 0.222 e. The van der Waals surface area contributed by atoms with Crippen LogP contribution in [0.1, 0.15) is 309 Å². The predicted octanol–water partition coefficient (Wildman–Crippen LogP) is 17.8. The highest BCUT2D eigenvalue weighted by molar-refractivity contribution is 5.76. The lowest BCUT2D eigenvalue weighted by atomic mass is 10.0. The molecule has 0 spiro atoms. The van der Waals surface area contributed by atoms with Crippen LogP contribution in [0, 0.1) is 0 Å². The number of aliphatic hydroxyl groups excluding tert-OH is 3. The molecule has 1 amide bonds. The molecule has 0 saturated heterocycles. The maximum absolute atomic E-state index is 12.5. The van der Waals surface area contributed by atoms with Crippen molar-refractivity contribution in [2.24, 2.45) is 0 Å². The van der Waals surface area contributed by atoms with Gasteiger partial charge >= 0.3 is 0 Å². The van der Waals surface area contributed by atoms with Gasteiger partial charge in [0.15, 0.2) is 0 Å². The quantitative estimate of drug-likeness (QED) is 0.0362. The topological polar surface area (TPSA) is 89.8 Å². The summed E-state index contributed by atoms with van der Waals surface area (Å²) in [6.45, 7) is 4.24. The zero-order valence-electron chi connectivity index (χ0n) is 43.2. The van der Waals surface area contributed by atoms with E-state index in [1.54, 1.807) is 6.08 Å². The maximum atomic E-state index is 12.5. The molecule has 0 aromatic heterocycles. The van der Waals surface area contributed by atoms with E-state index in [1.807, 2.05) is 6.08 Å². The third-order valence-corrected chi connectivity index (χ3v) is 13.4. The second kappa shape index (κ2) is 54.2. The van der Waals surface area contributed by atoms with Crippen molar-refractivity contribution in [2.75, 3.05) is 6.61 Å². The predicted molar refractivity (Wildman–Crippen MR) is 282 cm³/mol. The molecule has 5 nitrogen and oxygen atoms in total. The minimum atomic E-state index is -0.952.